The number of alkyl halides is 1. The van der Waals surface area contributed by atoms with Crippen molar-refractivity contribution < 1.29 is 4.74 Å². The number of ether oxygens (including phenoxy) is 1. The Balaban J connectivity index is 2.80. The molecule has 0 bridgehead atoms. The second-order valence-electron chi connectivity index (χ2n) is 4.19. The molecule has 0 aromatic heterocycles. The number of nitroso groups, excluding NO2 is 1. The van der Waals surface area contributed by atoms with Gasteiger partial charge in [0.25, 0.3) is 0 Å². The lowest BCUT2D eigenvalue weighted by Crippen LogP contribution is -2.33. The molecule has 0 amide bonds. The third-order valence-electron chi connectivity index (χ3n) is 2.29. The van der Waals surface area contributed by atoms with E-state index in [-0.39, 0.29) is 6.61 Å². The summed E-state index contributed by atoms with van der Waals surface area (Å²) in [5, 5.41) is 3.89. The van der Waals surface area contributed by atoms with Crippen molar-refractivity contribution in [2.75, 3.05) is 6.61 Å². The topological polar surface area (TPSA) is 38.7 Å². The molecule has 7 heteroatoms. The molecule has 1 aromatic rings. The minimum atomic E-state index is -0.801. The van der Waals surface area contributed by atoms with Crippen molar-refractivity contribution in [2.45, 2.75) is 24.8 Å². The fourth-order valence-corrected chi connectivity index (χ4v) is 1.83. The SMILES string of the molecule is CC(C)(Cl)C(COc1cc(Cl)c(Cl)cc1Cl)N=O. The lowest BCUT2D eigenvalue weighted by Gasteiger charge is -2.22. The molecule has 1 unspecified atom stereocenters. The van der Waals surface area contributed by atoms with Gasteiger partial charge < -0.3 is 4.74 Å². The highest BCUT2D eigenvalue weighted by atomic mass is 35.5. The van der Waals surface area contributed by atoms with Crippen molar-refractivity contribution in [3.8, 4) is 5.75 Å². The summed E-state index contributed by atoms with van der Waals surface area (Å²) in [4.78, 5) is 9.88. The van der Waals surface area contributed by atoms with Gasteiger partial charge in [0.05, 0.1) is 19.9 Å². The first-order chi connectivity index (χ1) is 8.25. The first-order valence-electron chi connectivity index (χ1n) is 5.04. The third-order valence-corrected chi connectivity index (χ3v) is 3.56. The minimum absolute atomic E-state index is 0.0116. The molecular weight excluding hydrogens is 320 g/mol. The van der Waals surface area contributed by atoms with Crippen molar-refractivity contribution in [1.29, 1.82) is 0 Å². The van der Waals surface area contributed by atoms with Crippen molar-refractivity contribution in [1.82, 2.24) is 0 Å². The Hall–Kier alpha value is -0.220. The molecule has 0 heterocycles. The van der Waals surface area contributed by atoms with E-state index < -0.39 is 10.9 Å². The largest absolute Gasteiger partial charge is 0.490 e. The summed E-state index contributed by atoms with van der Waals surface area (Å²) in [6.07, 6.45) is 0. The number of rotatable bonds is 5. The molecule has 100 valence electrons. The van der Waals surface area contributed by atoms with Gasteiger partial charge in [-0.2, -0.15) is 4.91 Å². The Labute approximate surface area is 125 Å². The molecule has 0 spiro atoms. The Morgan fingerprint density at radius 2 is 1.78 bits per heavy atom. The molecule has 3 nitrogen and oxygen atoms in total. The van der Waals surface area contributed by atoms with E-state index in [4.69, 9.17) is 51.1 Å². The summed E-state index contributed by atoms with van der Waals surface area (Å²) in [5.41, 5.74) is 0. The van der Waals surface area contributed by atoms with Crippen molar-refractivity contribution in [3.63, 3.8) is 0 Å². The highest BCUT2D eigenvalue weighted by Crippen LogP contribution is 2.34. The molecule has 0 aliphatic rings. The summed E-state index contributed by atoms with van der Waals surface area (Å²) in [7, 11) is 0. The summed E-state index contributed by atoms with van der Waals surface area (Å²) >= 11 is 23.6. The number of hydrogen-bond acceptors (Lipinski definition) is 3. The van der Waals surface area contributed by atoms with Crippen molar-refractivity contribution in [2.24, 2.45) is 5.18 Å². The summed E-state index contributed by atoms with van der Waals surface area (Å²) in [5.74, 6) is 0.334. The molecule has 1 rings (SSSR count). The van der Waals surface area contributed by atoms with Crippen LogP contribution in [0.15, 0.2) is 17.3 Å². The monoisotopic (exact) mass is 329 g/mol. The average Bonchev–Trinajstić information content (AvgIpc) is 2.24. The predicted molar refractivity (Wildman–Crippen MR) is 76.5 cm³/mol. The van der Waals surface area contributed by atoms with Gasteiger partial charge in [-0.1, -0.05) is 40.0 Å². The Morgan fingerprint density at radius 3 is 2.28 bits per heavy atom. The molecule has 1 aromatic carbocycles. The van der Waals surface area contributed by atoms with E-state index in [9.17, 15) is 4.91 Å². The van der Waals surface area contributed by atoms with E-state index in [0.29, 0.717) is 20.8 Å². The van der Waals surface area contributed by atoms with Gasteiger partial charge in [0.1, 0.15) is 18.4 Å². The van der Waals surface area contributed by atoms with E-state index in [0.717, 1.165) is 0 Å². The first-order valence-corrected chi connectivity index (χ1v) is 6.55. The van der Waals surface area contributed by atoms with Crippen LogP contribution < -0.4 is 4.74 Å². The van der Waals surface area contributed by atoms with Crippen molar-refractivity contribution in [3.05, 3.63) is 32.1 Å². The highest BCUT2D eigenvalue weighted by Gasteiger charge is 2.29. The number of halogens is 4. The maximum absolute atomic E-state index is 10.7. The molecule has 0 aliphatic heterocycles. The van der Waals surface area contributed by atoms with Crippen LogP contribution in [0.2, 0.25) is 15.1 Å². The van der Waals surface area contributed by atoms with Gasteiger partial charge in [-0.05, 0) is 19.9 Å². The smallest absolute Gasteiger partial charge is 0.144 e. The normalized spacial score (nSPS) is 13.2. The summed E-state index contributed by atoms with van der Waals surface area (Å²) in [6, 6.07) is 2.25. The first kappa shape index (κ1) is 15.8. The fraction of sp³-hybridized carbons (Fsp3) is 0.455. The van der Waals surface area contributed by atoms with Crippen LogP contribution in [0.3, 0.4) is 0 Å². The minimum Gasteiger partial charge on any atom is -0.490 e. The number of nitrogens with zero attached hydrogens (tertiary/aromatic N) is 1. The highest BCUT2D eigenvalue weighted by molar-refractivity contribution is 6.43. The van der Waals surface area contributed by atoms with Crippen LogP contribution in [-0.4, -0.2) is 17.5 Å². The Bertz CT molecular complexity index is 445. The lowest BCUT2D eigenvalue weighted by atomic mass is 10.1. The van der Waals surface area contributed by atoms with Gasteiger partial charge in [-0.15, -0.1) is 11.6 Å². The zero-order valence-electron chi connectivity index (χ0n) is 9.71. The standard InChI is InChI=1S/C11H11Cl4NO2/c1-11(2,15)10(16-17)5-18-9-4-7(13)6(12)3-8(9)14/h3-4,10H,5H2,1-2H3. The van der Waals surface area contributed by atoms with Crippen LogP contribution in [0.1, 0.15) is 13.8 Å². The molecule has 0 radical (unpaired) electrons. The number of benzene rings is 1. The van der Waals surface area contributed by atoms with E-state index in [1.807, 2.05) is 0 Å². The van der Waals surface area contributed by atoms with Crippen LogP contribution in [0, 0.1) is 4.91 Å². The zero-order chi connectivity index (χ0) is 13.9. The van der Waals surface area contributed by atoms with Gasteiger partial charge in [0, 0.05) is 6.07 Å². The van der Waals surface area contributed by atoms with Gasteiger partial charge in [-0.25, -0.2) is 0 Å². The molecule has 18 heavy (non-hydrogen) atoms. The Kier molecular flexibility index (Phi) is 5.53. The summed E-state index contributed by atoms with van der Waals surface area (Å²) in [6.45, 7) is 3.37. The molecule has 0 N–H and O–H groups in total. The van der Waals surface area contributed by atoms with Gasteiger partial charge in [-0.3, -0.25) is 0 Å². The van der Waals surface area contributed by atoms with Crippen LogP contribution in [0.25, 0.3) is 0 Å². The van der Waals surface area contributed by atoms with E-state index in [1.165, 1.54) is 12.1 Å². The average molecular weight is 331 g/mol. The van der Waals surface area contributed by atoms with Crippen LogP contribution >= 0.6 is 46.4 Å². The van der Waals surface area contributed by atoms with Gasteiger partial charge in [0.2, 0.25) is 0 Å². The van der Waals surface area contributed by atoms with E-state index in [1.54, 1.807) is 13.8 Å². The fourth-order valence-electron chi connectivity index (χ4n) is 1.14. The quantitative estimate of drug-likeness (QED) is 0.424. The molecular formula is C11H11Cl4NO2. The number of hydrogen-bond donors (Lipinski definition) is 0. The lowest BCUT2D eigenvalue weighted by molar-refractivity contribution is 0.268. The van der Waals surface area contributed by atoms with E-state index in [2.05, 4.69) is 5.18 Å². The third kappa shape index (κ3) is 4.16. The molecule has 0 aliphatic carbocycles. The molecule has 0 saturated heterocycles. The Morgan fingerprint density at radius 1 is 1.22 bits per heavy atom. The molecule has 0 fully saturated rings. The summed E-state index contributed by atoms with van der Waals surface area (Å²) < 4.78 is 5.40. The van der Waals surface area contributed by atoms with Gasteiger partial charge in [0.15, 0.2) is 0 Å². The second-order valence-corrected chi connectivity index (χ2v) is 6.39. The maximum atomic E-state index is 10.7. The van der Waals surface area contributed by atoms with Crippen LogP contribution in [0.5, 0.6) is 5.75 Å². The molecule has 1 atom stereocenters. The molecule has 0 saturated carbocycles. The van der Waals surface area contributed by atoms with Gasteiger partial charge >= 0.3 is 0 Å². The zero-order valence-corrected chi connectivity index (χ0v) is 12.7. The predicted octanol–water partition coefficient (Wildman–Crippen LogP) is 5.18. The van der Waals surface area contributed by atoms with Crippen molar-refractivity contribution >= 4 is 46.4 Å². The van der Waals surface area contributed by atoms with Crippen LogP contribution in [0.4, 0.5) is 0 Å². The maximum Gasteiger partial charge on any atom is 0.144 e. The second kappa shape index (κ2) is 6.29. The van der Waals surface area contributed by atoms with Crippen LogP contribution in [-0.2, 0) is 0 Å². The van der Waals surface area contributed by atoms with E-state index >= 15 is 0 Å².